The molecule has 132 valence electrons. The molecule has 0 radical (unpaired) electrons. The maximum atomic E-state index is 2.53. The van der Waals surface area contributed by atoms with E-state index in [9.17, 15) is 0 Å². The summed E-state index contributed by atoms with van der Waals surface area (Å²) in [4.78, 5) is 0. The molecule has 26 heavy (non-hydrogen) atoms. The number of benzene rings is 2. The van der Waals surface area contributed by atoms with Crippen LogP contribution < -0.4 is 4.57 Å². The van der Waals surface area contributed by atoms with Gasteiger partial charge < -0.3 is 4.57 Å². The first-order valence-electron chi connectivity index (χ1n) is 9.44. The SMILES string of the molecule is Cc1cc[n+](C)c(-c2c(C)ccc3c4ccccc4n(CC(C)C)c23)c1. The number of para-hydroxylation sites is 1. The summed E-state index contributed by atoms with van der Waals surface area (Å²) in [5.74, 6) is 0.591. The molecule has 0 spiro atoms. The summed E-state index contributed by atoms with van der Waals surface area (Å²) in [6.07, 6.45) is 2.17. The summed E-state index contributed by atoms with van der Waals surface area (Å²) < 4.78 is 4.77. The Morgan fingerprint density at radius 2 is 1.73 bits per heavy atom. The van der Waals surface area contributed by atoms with Crippen LogP contribution in [0, 0.1) is 19.8 Å². The molecular weight excluding hydrogens is 316 g/mol. The van der Waals surface area contributed by atoms with Gasteiger partial charge in [0.2, 0.25) is 5.69 Å². The minimum atomic E-state index is 0.591. The van der Waals surface area contributed by atoms with Crippen molar-refractivity contribution < 1.29 is 4.57 Å². The average molecular weight is 343 g/mol. The van der Waals surface area contributed by atoms with Crippen LogP contribution in [0.3, 0.4) is 0 Å². The Kier molecular flexibility index (Phi) is 4.07. The molecular formula is C24H27N2+. The number of hydrogen-bond donors (Lipinski definition) is 0. The second-order valence-electron chi connectivity index (χ2n) is 7.88. The van der Waals surface area contributed by atoms with Crippen LogP contribution in [0.25, 0.3) is 33.1 Å². The number of pyridine rings is 1. The minimum Gasteiger partial charge on any atom is -0.340 e. The van der Waals surface area contributed by atoms with E-state index >= 15 is 0 Å². The predicted molar refractivity (Wildman–Crippen MR) is 110 cm³/mol. The van der Waals surface area contributed by atoms with E-state index < -0.39 is 0 Å². The summed E-state index contributed by atoms with van der Waals surface area (Å²) in [5, 5.41) is 2.70. The van der Waals surface area contributed by atoms with Gasteiger partial charge in [-0.1, -0.05) is 44.2 Å². The number of rotatable bonds is 3. The molecule has 0 bridgehead atoms. The van der Waals surface area contributed by atoms with Crippen molar-refractivity contribution in [2.75, 3.05) is 0 Å². The minimum absolute atomic E-state index is 0.591. The van der Waals surface area contributed by atoms with Crippen LogP contribution in [0.1, 0.15) is 25.0 Å². The lowest BCUT2D eigenvalue weighted by Crippen LogP contribution is -2.30. The van der Waals surface area contributed by atoms with E-state index in [0.29, 0.717) is 5.92 Å². The van der Waals surface area contributed by atoms with Crippen molar-refractivity contribution in [3.63, 3.8) is 0 Å². The van der Waals surface area contributed by atoms with Gasteiger partial charge in [0.1, 0.15) is 7.05 Å². The van der Waals surface area contributed by atoms with Crippen LogP contribution >= 0.6 is 0 Å². The summed E-state index contributed by atoms with van der Waals surface area (Å²) in [7, 11) is 2.14. The highest BCUT2D eigenvalue weighted by atomic mass is 15.0. The van der Waals surface area contributed by atoms with E-state index in [1.807, 2.05) is 0 Å². The lowest BCUT2D eigenvalue weighted by molar-refractivity contribution is -0.660. The Labute approximate surface area is 155 Å². The van der Waals surface area contributed by atoms with Crippen LogP contribution in [0.5, 0.6) is 0 Å². The first-order chi connectivity index (χ1) is 12.5. The fourth-order valence-corrected chi connectivity index (χ4v) is 4.05. The highest BCUT2D eigenvalue weighted by molar-refractivity contribution is 6.12. The van der Waals surface area contributed by atoms with Gasteiger partial charge in [-0.3, -0.25) is 0 Å². The van der Waals surface area contributed by atoms with Crippen molar-refractivity contribution in [3.8, 4) is 11.3 Å². The maximum Gasteiger partial charge on any atom is 0.214 e. The number of fused-ring (bicyclic) bond motifs is 3. The zero-order valence-electron chi connectivity index (χ0n) is 16.4. The number of nitrogens with zero attached hydrogens (tertiary/aromatic N) is 2. The second kappa shape index (κ2) is 6.28. The van der Waals surface area contributed by atoms with E-state index in [2.05, 4.69) is 98.6 Å². The van der Waals surface area contributed by atoms with E-state index in [-0.39, 0.29) is 0 Å². The Morgan fingerprint density at radius 3 is 2.50 bits per heavy atom. The van der Waals surface area contributed by atoms with Gasteiger partial charge in [0, 0.05) is 35.0 Å². The molecule has 4 aromatic rings. The van der Waals surface area contributed by atoms with Crippen LogP contribution in [-0.4, -0.2) is 4.57 Å². The van der Waals surface area contributed by atoms with Crippen molar-refractivity contribution >= 4 is 21.8 Å². The molecule has 0 N–H and O–H groups in total. The molecule has 0 aliphatic heterocycles. The molecule has 2 aromatic heterocycles. The smallest absolute Gasteiger partial charge is 0.214 e. The Balaban J connectivity index is 2.20. The molecule has 0 fully saturated rings. The molecule has 0 atom stereocenters. The second-order valence-corrected chi connectivity index (χ2v) is 7.88. The molecule has 2 heteroatoms. The molecule has 0 aliphatic rings. The third kappa shape index (κ3) is 2.61. The summed E-state index contributed by atoms with van der Waals surface area (Å²) in [6, 6.07) is 17.8. The summed E-state index contributed by atoms with van der Waals surface area (Å²) >= 11 is 0. The van der Waals surface area contributed by atoms with Gasteiger partial charge in [-0.05, 0) is 37.0 Å². The Bertz CT molecular complexity index is 1120. The van der Waals surface area contributed by atoms with Crippen molar-refractivity contribution in [2.45, 2.75) is 34.2 Å². The third-order valence-electron chi connectivity index (χ3n) is 5.25. The van der Waals surface area contributed by atoms with Crippen LogP contribution in [0.4, 0.5) is 0 Å². The monoisotopic (exact) mass is 343 g/mol. The Morgan fingerprint density at radius 1 is 0.962 bits per heavy atom. The number of aromatic nitrogens is 2. The average Bonchev–Trinajstić information content (AvgIpc) is 2.91. The zero-order valence-corrected chi connectivity index (χ0v) is 16.4. The van der Waals surface area contributed by atoms with Gasteiger partial charge in [-0.2, -0.15) is 0 Å². The van der Waals surface area contributed by atoms with Crippen LogP contribution in [0.2, 0.25) is 0 Å². The van der Waals surface area contributed by atoms with E-state index in [1.165, 1.54) is 44.2 Å². The zero-order chi connectivity index (χ0) is 18.4. The van der Waals surface area contributed by atoms with Crippen molar-refractivity contribution in [3.05, 3.63) is 65.9 Å². The Hall–Kier alpha value is -2.61. The molecule has 0 unspecified atom stereocenters. The molecule has 2 nitrogen and oxygen atoms in total. The van der Waals surface area contributed by atoms with E-state index in [0.717, 1.165) is 6.54 Å². The molecule has 0 amide bonds. The van der Waals surface area contributed by atoms with Crippen molar-refractivity contribution in [1.29, 1.82) is 0 Å². The van der Waals surface area contributed by atoms with E-state index in [1.54, 1.807) is 0 Å². The molecule has 2 aromatic carbocycles. The fourth-order valence-electron chi connectivity index (χ4n) is 4.05. The quantitative estimate of drug-likeness (QED) is 0.431. The lowest BCUT2D eigenvalue weighted by Gasteiger charge is -2.14. The number of hydrogen-bond acceptors (Lipinski definition) is 0. The molecule has 0 saturated heterocycles. The van der Waals surface area contributed by atoms with Gasteiger partial charge >= 0.3 is 0 Å². The van der Waals surface area contributed by atoms with E-state index in [4.69, 9.17) is 0 Å². The molecule has 0 aliphatic carbocycles. The summed E-state index contributed by atoms with van der Waals surface area (Å²) in [5.41, 5.74) is 7.94. The van der Waals surface area contributed by atoms with Gasteiger partial charge in [0.25, 0.3) is 0 Å². The standard InChI is InChI=1S/C24H27N2/c1-16(2)15-26-21-9-7-6-8-19(21)20-11-10-18(4)23(24(20)26)22-14-17(3)12-13-25(22)5/h6-14,16H,15H2,1-5H3/q+1. The van der Waals surface area contributed by atoms with Crippen LogP contribution in [-0.2, 0) is 13.6 Å². The lowest BCUT2D eigenvalue weighted by atomic mass is 9.99. The van der Waals surface area contributed by atoms with Gasteiger partial charge in [-0.15, -0.1) is 0 Å². The van der Waals surface area contributed by atoms with Gasteiger partial charge in [0.15, 0.2) is 6.20 Å². The largest absolute Gasteiger partial charge is 0.340 e. The topological polar surface area (TPSA) is 8.81 Å². The highest BCUT2D eigenvalue weighted by Gasteiger charge is 2.21. The van der Waals surface area contributed by atoms with Crippen molar-refractivity contribution in [2.24, 2.45) is 13.0 Å². The number of aryl methyl sites for hydroxylation is 3. The molecule has 0 saturated carbocycles. The molecule has 2 heterocycles. The van der Waals surface area contributed by atoms with Crippen LogP contribution in [0.15, 0.2) is 54.7 Å². The fraction of sp³-hybridized carbons (Fsp3) is 0.292. The first kappa shape index (κ1) is 16.8. The third-order valence-corrected chi connectivity index (χ3v) is 5.25. The highest BCUT2D eigenvalue weighted by Crippen LogP contribution is 2.37. The molecule has 4 rings (SSSR count). The maximum absolute atomic E-state index is 2.53. The predicted octanol–water partition coefficient (Wildman–Crippen LogP) is 5.56. The van der Waals surface area contributed by atoms with Crippen molar-refractivity contribution in [1.82, 2.24) is 4.57 Å². The van der Waals surface area contributed by atoms with Gasteiger partial charge in [-0.25, -0.2) is 4.57 Å². The first-order valence-corrected chi connectivity index (χ1v) is 9.44. The van der Waals surface area contributed by atoms with Gasteiger partial charge in [0.05, 0.1) is 11.1 Å². The normalized spacial score (nSPS) is 11.8. The summed E-state index contributed by atoms with van der Waals surface area (Å²) in [6.45, 7) is 10.0.